The minimum atomic E-state index is -0.485. The molecule has 0 radical (unpaired) electrons. The largest absolute Gasteiger partial charge is 0.361 e. The van der Waals surface area contributed by atoms with Crippen molar-refractivity contribution in [3.05, 3.63) is 39.4 Å². The van der Waals surface area contributed by atoms with Gasteiger partial charge in [-0.05, 0) is 56.5 Å². The molecule has 2 aliphatic rings. The van der Waals surface area contributed by atoms with Crippen molar-refractivity contribution in [3.63, 3.8) is 0 Å². The maximum atomic E-state index is 13.3. The lowest BCUT2D eigenvalue weighted by Crippen LogP contribution is -2.49. The number of carbonyl (C=O) groups excluding carboxylic acids is 2. The number of fused-ring (bicyclic) bond motifs is 2. The number of aromatic nitrogens is 1. The topological polar surface area (TPSA) is 75.4 Å². The Bertz CT molecular complexity index is 889. The Balaban J connectivity index is 1.48. The van der Waals surface area contributed by atoms with Crippen LogP contribution in [0.15, 0.2) is 22.0 Å². The van der Waals surface area contributed by atoms with E-state index in [4.69, 9.17) is 4.52 Å². The summed E-state index contributed by atoms with van der Waals surface area (Å²) in [4.78, 5) is 29.4. The molecule has 1 N–H and O–H groups in total. The average Bonchev–Trinajstić information content (AvgIpc) is 3.44. The van der Waals surface area contributed by atoms with Gasteiger partial charge in [-0.1, -0.05) is 12.1 Å². The summed E-state index contributed by atoms with van der Waals surface area (Å²) < 4.78 is 5.23. The first-order chi connectivity index (χ1) is 13.4. The molecular formula is C21H27N3O3S. The lowest BCUT2D eigenvalue weighted by Gasteiger charge is -2.35. The molecule has 2 amide bonds. The Labute approximate surface area is 169 Å². The van der Waals surface area contributed by atoms with Crippen LogP contribution in [0.1, 0.15) is 54.5 Å². The van der Waals surface area contributed by atoms with Gasteiger partial charge in [0.2, 0.25) is 11.8 Å². The number of amides is 2. The van der Waals surface area contributed by atoms with Crippen molar-refractivity contribution in [3.8, 4) is 0 Å². The van der Waals surface area contributed by atoms with E-state index < -0.39 is 5.41 Å². The highest BCUT2D eigenvalue weighted by Gasteiger charge is 2.60. The van der Waals surface area contributed by atoms with Gasteiger partial charge >= 0.3 is 0 Å². The molecule has 4 heterocycles. The third-order valence-corrected chi connectivity index (χ3v) is 7.51. The van der Waals surface area contributed by atoms with E-state index in [9.17, 15) is 9.59 Å². The van der Waals surface area contributed by atoms with Gasteiger partial charge < -0.3 is 14.7 Å². The third kappa shape index (κ3) is 3.15. The molecule has 150 valence electrons. The monoisotopic (exact) mass is 401 g/mol. The lowest BCUT2D eigenvalue weighted by molar-refractivity contribution is -0.136. The second kappa shape index (κ2) is 7.35. The van der Waals surface area contributed by atoms with E-state index in [1.165, 1.54) is 10.4 Å². The van der Waals surface area contributed by atoms with E-state index >= 15 is 0 Å². The van der Waals surface area contributed by atoms with Gasteiger partial charge in [0.1, 0.15) is 5.76 Å². The Morgan fingerprint density at radius 2 is 2.21 bits per heavy atom. The van der Waals surface area contributed by atoms with Gasteiger partial charge in [-0.25, -0.2) is 0 Å². The van der Waals surface area contributed by atoms with Crippen molar-refractivity contribution < 1.29 is 14.1 Å². The minimum absolute atomic E-state index is 0.0246. The predicted octanol–water partition coefficient (Wildman–Crippen LogP) is 3.37. The van der Waals surface area contributed by atoms with Gasteiger partial charge in [0.25, 0.3) is 0 Å². The molecule has 4 rings (SSSR count). The van der Waals surface area contributed by atoms with Crippen LogP contribution in [0.3, 0.4) is 0 Å². The number of carbonyl (C=O) groups is 2. The molecule has 7 heteroatoms. The summed E-state index contributed by atoms with van der Waals surface area (Å²) in [5.41, 5.74) is 1.50. The summed E-state index contributed by atoms with van der Waals surface area (Å²) in [6.07, 6.45) is 3.58. The maximum Gasteiger partial charge on any atom is 0.230 e. The molecule has 2 aromatic heterocycles. The SMILES string of the molecule is CC[C@@]1(C(=O)NCc2sccc2C)C[C@@H]2CC[C@H]1N2C(=O)Cc1cc(C)no1. The van der Waals surface area contributed by atoms with Crippen molar-refractivity contribution in [2.45, 2.75) is 71.5 Å². The lowest BCUT2D eigenvalue weighted by atomic mass is 9.71. The van der Waals surface area contributed by atoms with Crippen LogP contribution in [0.2, 0.25) is 0 Å². The summed E-state index contributed by atoms with van der Waals surface area (Å²) >= 11 is 1.67. The predicted molar refractivity (Wildman–Crippen MR) is 107 cm³/mol. The summed E-state index contributed by atoms with van der Waals surface area (Å²) in [7, 11) is 0. The second-order valence-corrected chi connectivity index (χ2v) is 9.08. The van der Waals surface area contributed by atoms with Gasteiger partial charge in [-0.3, -0.25) is 9.59 Å². The van der Waals surface area contributed by atoms with Crippen LogP contribution >= 0.6 is 11.3 Å². The first-order valence-electron chi connectivity index (χ1n) is 9.99. The van der Waals surface area contributed by atoms with Crippen LogP contribution in [0.25, 0.3) is 0 Å². The quantitative estimate of drug-likeness (QED) is 0.805. The summed E-state index contributed by atoms with van der Waals surface area (Å²) in [5, 5.41) is 9.08. The van der Waals surface area contributed by atoms with Gasteiger partial charge in [0, 0.05) is 23.0 Å². The van der Waals surface area contributed by atoms with Gasteiger partial charge in [0.05, 0.1) is 24.1 Å². The number of aryl methyl sites for hydroxylation is 2. The zero-order valence-corrected chi connectivity index (χ0v) is 17.5. The molecule has 28 heavy (non-hydrogen) atoms. The molecule has 0 aromatic carbocycles. The minimum Gasteiger partial charge on any atom is -0.361 e. The Kier molecular flexibility index (Phi) is 5.04. The molecular weight excluding hydrogens is 374 g/mol. The number of nitrogens with one attached hydrogen (secondary N) is 1. The van der Waals surface area contributed by atoms with E-state index in [0.29, 0.717) is 12.3 Å². The van der Waals surface area contributed by atoms with Crippen LogP contribution in [0.4, 0.5) is 0 Å². The smallest absolute Gasteiger partial charge is 0.230 e. The average molecular weight is 402 g/mol. The van der Waals surface area contributed by atoms with Crippen molar-refractivity contribution >= 4 is 23.2 Å². The van der Waals surface area contributed by atoms with Crippen LogP contribution in [0, 0.1) is 19.3 Å². The van der Waals surface area contributed by atoms with Crippen molar-refractivity contribution in [2.24, 2.45) is 5.41 Å². The zero-order chi connectivity index (χ0) is 19.9. The molecule has 2 aliphatic heterocycles. The molecule has 2 aromatic rings. The van der Waals surface area contributed by atoms with Crippen LogP contribution in [-0.2, 0) is 22.6 Å². The summed E-state index contributed by atoms with van der Waals surface area (Å²) in [6, 6.07) is 4.00. The van der Waals surface area contributed by atoms with E-state index in [0.717, 1.165) is 31.4 Å². The highest BCUT2D eigenvalue weighted by atomic mass is 32.1. The molecule has 0 unspecified atom stereocenters. The number of hydrogen-bond acceptors (Lipinski definition) is 5. The number of nitrogens with zero attached hydrogens (tertiary/aromatic N) is 2. The Morgan fingerprint density at radius 1 is 1.39 bits per heavy atom. The van der Waals surface area contributed by atoms with Crippen LogP contribution in [0.5, 0.6) is 0 Å². The molecule has 2 fully saturated rings. The normalized spacial score (nSPS) is 26.0. The fourth-order valence-electron chi connectivity index (χ4n) is 5.01. The molecule has 0 saturated carbocycles. The first kappa shape index (κ1) is 19.2. The summed E-state index contributed by atoms with van der Waals surface area (Å²) in [5.74, 6) is 0.720. The summed E-state index contributed by atoms with van der Waals surface area (Å²) in [6.45, 7) is 6.54. The first-order valence-corrected chi connectivity index (χ1v) is 10.9. The fourth-order valence-corrected chi connectivity index (χ4v) is 5.85. The standard InChI is InChI=1S/C21H27N3O3S/c1-4-21(20(26)22-12-17-13(2)7-8-28-17)11-15-5-6-18(21)24(15)19(25)10-16-9-14(3)23-27-16/h7-9,15,18H,4-6,10-12H2,1-3H3,(H,22,26)/t15-,18+,21+/m0/s1. The molecule has 0 aliphatic carbocycles. The molecule has 2 bridgehead atoms. The number of hydrogen-bond donors (Lipinski definition) is 1. The fraction of sp³-hybridized carbons (Fsp3) is 0.571. The second-order valence-electron chi connectivity index (χ2n) is 8.08. The zero-order valence-electron chi connectivity index (χ0n) is 16.7. The van der Waals surface area contributed by atoms with E-state index in [-0.39, 0.29) is 30.3 Å². The Morgan fingerprint density at radius 3 is 2.86 bits per heavy atom. The van der Waals surface area contributed by atoms with E-state index in [1.807, 2.05) is 11.8 Å². The third-order valence-electron chi connectivity index (χ3n) is 6.49. The number of thiophene rings is 1. The molecule has 0 spiro atoms. The highest BCUT2D eigenvalue weighted by molar-refractivity contribution is 7.10. The van der Waals surface area contributed by atoms with Crippen LogP contribution < -0.4 is 5.32 Å². The van der Waals surface area contributed by atoms with E-state index in [1.54, 1.807) is 17.4 Å². The van der Waals surface area contributed by atoms with Crippen molar-refractivity contribution in [1.29, 1.82) is 0 Å². The molecule has 2 saturated heterocycles. The molecule has 3 atom stereocenters. The van der Waals surface area contributed by atoms with Crippen LogP contribution in [-0.4, -0.2) is 34.0 Å². The Hall–Kier alpha value is -2.15. The van der Waals surface area contributed by atoms with Crippen molar-refractivity contribution in [1.82, 2.24) is 15.4 Å². The maximum absolute atomic E-state index is 13.3. The van der Waals surface area contributed by atoms with Gasteiger partial charge in [-0.2, -0.15) is 0 Å². The van der Waals surface area contributed by atoms with Gasteiger partial charge in [-0.15, -0.1) is 11.3 Å². The highest BCUT2D eigenvalue weighted by Crippen LogP contribution is 2.52. The van der Waals surface area contributed by atoms with Gasteiger partial charge in [0.15, 0.2) is 0 Å². The molecule has 6 nitrogen and oxygen atoms in total. The van der Waals surface area contributed by atoms with E-state index in [2.05, 4.69) is 35.8 Å². The number of rotatable bonds is 6. The van der Waals surface area contributed by atoms with Crippen molar-refractivity contribution in [2.75, 3.05) is 0 Å².